The maximum absolute atomic E-state index is 4.98. The lowest BCUT2D eigenvalue weighted by Gasteiger charge is -2.09. The van der Waals surface area contributed by atoms with Gasteiger partial charge in [0.2, 0.25) is 0 Å². The fourth-order valence-electron chi connectivity index (χ4n) is 1.21. The summed E-state index contributed by atoms with van der Waals surface area (Å²) in [6.45, 7) is 6.71. The van der Waals surface area contributed by atoms with Gasteiger partial charge >= 0.3 is 0 Å². The highest BCUT2D eigenvalue weighted by Crippen LogP contribution is 2.13. The summed E-state index contributed by atoms with van der Waals surface area (Å²) in [5.74, 6) is 0.811. The van der Waals surface area contributed by atoms with Crippen LogP contribution in [0.1, 0.15) is 12.0 Å². The van der Waals surface area contributed by atoms with E-state index in [-0.39, 0.29) is 0 Å². The average Bonchev–Trinajstić information content (AvgIpc) is 2.20. The first-order valence-corrected chi connectivity index (χ1v) is 4.75. The van der Waals surface area contributed by atoms with Crippen molar-refractivity contribution in [1.82, 2.24) is 0 Å². The molecule has 0 aliphatic rings. The van der Waals surface area contributed by atoms with Crippen LogP contribution in [0, 0.1) is 6.92 Å². The number of aryl methyl sites for hydroxylation is 1. The molecule has 0 unspecified atom stereocenters. The summed E-state index contributed by atoms with van der Waals surface area (Å²) in [7, 11) is 1.65. The maximum atomic E-state index is 4.98. The Balaban J connectivity index is 2.39. The number of ether oxygens (including phenoxy) is 1. The first kappa shape index (κ1) is 10.6. The Kier molecular flexibility index (Phi) is 4.05. The van der Waals surface area contributed by atoms with Crippen molar-refractivity contribution in [2.24, 2.45) is 0 Å². The van der Waals surface area contributed by atoms with Crippen molar-refractivity contribution in [1.29, 1.82) is 0 Å². The molecule has 76 valence electrons. The largest absolute Gasteiger partial charge is 0.502 e. The first-order valence-electron chi connectivity index (χ1n) is 4.75. The molecule has 0 bridgehead atoms. The summed E-state index contributed by atoms with van der Waals surface area (Å²) in [5.41, 5.74) is 2.44. The molecule has 0 amide bonds. The fraction of sp³-hybridized carbons (Fsp3) is 0.333. The second-order valence-electron chi connectivity index (χ2n) is 3.23. The van der Waals surface area contributed by atoms with Crippen LogP contribution in [0.4, 0.5) is 5.69 Å². The summed E-state index contributed by atoms with van der Waals surface area (Å²) >= 11 is 0. The molecule has 1 N–H and O–H groups in total. The molecular formula is C12H17NO. The second kappa shape index (κ2) is 5.32. The molecule has 1 rings (SSSR count). The Morgan fingerprint density at radius 3 is 2.79 bits per heavy atom. The van der Waals surface area contributed by atoms with Crippen LogP contribution in [-0.4, -0.2) is 13.7 Å². The predicted octanol–water partition coefficient (Wildman–Crippen LogP) is 2.96. The molecule has 1 aromatic rings. The number of anilines is 1. The highest BCUT2D eigenvalue weighted by Gasteiger charge is 1.96. The zero-order valence-electron chi connectivity index (χ0n) is 8.84. The van der Waals surface area contributed by atoms with E-state index in [4.69, 9.17) is 4.74 Å². The number of hydrogen-bond donors (Lipinski definition) is 1. The Hall–Kier alpha value is -1.44. The molecule has 0 radical (unpaired) electrons. The standard InChI is InChI=1S/C12H17NO/c1-10-6-4-5-7-12(10)13-9-8-11(2)14-3/h4-7,13H,2,8-9H2,1,3H3. The summed E-state index contributed by atoms with van der Waals surface area (Å²) in [6, 6.07) is 8.23. The Morgan fingerprint density at radius 1 is 1.43 bits per heavy atom. The third kappa shape index (κ3) is 3.13. The summed E-state index contributed by atoms with van der Waals surface area (Å²) in [6.07, 6.45) is 0.838. The zero-order valence-corrected chi connectivity index (χ0v) is 8.84. The van der Waals surface area contributed by atoms with Gasteiger partial charge in [-0.05, 0) is 18.6 Å². The van der Waals surface area contributed by atoms with Crippen molar-refractivity contribution in [3.8, 4) is 0 Å². The Labute approximate surface area is 85.6 Å². The quantitative estimate of drug-likeness (QED) is 0.722. The molecule has 2 nitrogen and oxygen atoms in total. The molecule has 14 heavy (non-hydrogen) atoms. The number of hydrogen-bond acceptors (Lipinski definition) is 2. The molecule has 0 spiro atoms. The van der Waals surface area contributed by atoms with E-state index in [1.54, 1.807) is 7.11 Å². The van der Waals surface area contributed by atoms with Gasteiger partial charge in [-0.15, -0.1) is 0 Å². The minimum atomic E-state index is 0.811. The summed E-state index contributed by atoms with van der Waals surface area (Å²) in [4.78, 5) is 0. The van der Waals surface area contributed by atoms with Crippen LogP contribution in [-0.2, 0) is 4.74 Å². The van der Waals surface area contributed by atoms with Crippen molar-refractivity contribution in [3.05, 3.63) is 42.2 Å². The molecule has 0 fully saturated rings. The zero-order chi connectivity index (χ0) is 10.4. The topological polar surface area (TPSA) is 21.3 Å². The van der Waals surface area contributed by atoms with Crippen LogP contribution in [0.5, 0.6) is 0 Å². The van der Waals surface area contributed by atoms with Crippen LogP contribution >= 0.6 is 0 Å². The summed E-state index contributed by atoms with van der Waals surface area (Å²) in [5, 5.41) is 3.34. The van der Waals surface area contributed by atoms with Gasteiger partial charge in [-0.1, -0.05) is 24.8 Å². The highest BCUT2D eigenvalue weighted by molar-refractivity contribution is 5.50. The Morgan fingerprint density at radius 2 is 2.14 bits per heavy atom. The number of methoxy groups -OCH3 is 1. The van der Waals surface area contributed by atoms with Gasteiger partial charge in [0.1, 0.15) is 0 Å². The van der Waals surface area contributed by atoms with Gasteiger partial charge in [0.15, 0.2) is 0 Å². The van der Waals surface area contributed by atoms with E-state index in [0.717, 1.165) is 18.7 Å². The lowest BCUT2D eigenvalue weighted by Crippen LogP contribution is -2.04. The van der Waals surface area contributed by atoms with Crippen molar-refractivity contribution in [3.63, 3.8) is 0 Å². The maximum Gasteiger partial charge on any atom is 0.0901 e. The van der Waals surface area contributed by atoms with E-state index < -0.39 is 0 Å². The van der Waals surface area contributed by atoms with Gasteiger partial charge in [-0.2, -0.15) is 0 Å². The SMILES string of the molecule is C=C(CCNc1ccccc1C)OC. The third-order valence-corrected chi connectivity index (χ3v) is 2.15. The second-order valence-corrected chi connectivity index (χ2v) is 3.23. The number of rotatable bonds is 5. The van der Waals surface area contributed by atoms with Crippen LogP contribution in [0.15, 0.2) is 36.6 Å². The van der Waals surface area contributed by atoms with Gasteiger partial charge in [0, 0.05) is 18.7 Å². The molecule has 2 heteroatoms. The minimum absolute atomic E-state index is 0.811. The highest BCUT2D eigenvalue weighted by atomic mass is 16.5. The molecule has 0 atom stereocenters. The number of para-hydroxylation sites is 1. The third-order valence-electron chi connectivity index (χ3n) is 2.15. The summed E-state index contributed by atoms with van der Waals surface area (Å²) < 4.78 is 4.98. The molecule has 0 aromatic heterocycles. The van der Waals surface area contributed by atoms with Crippen molar-refractivity contribution in [2.75, 3.05) is 19.0 Å². The van der Waals surface area contributed by atoms with Crippen LogP contribution in [0.2, 0.25) is 0 Å². The molecule has 0 aliphatic carbocycles. The van der Waals surface area contributed by atoms with Crippen LogP contribution < -0.4 is 5.32 Å². The Bertz CT molecular complexity index is 307. The molecule has 1 aromatic carbocycles. The lowest BCUT2D eigenvalue weighted by atomic mass is 10.2. The van der Waals surface area contributed by atoms with E-state index in [2.05, 4.69) is 31.0 Å². The van der Waals surface area contributed by atoms with Crippen LogP contribution in [0.3, 0.4) is 0 Å². The van der Waals surface area contributed by atoms with Gasteiger partial charge in [-0.3, -0.25) is 0 Å². The normalized spacial score (nSPS) is 9.57. The predicted molar refractivity (Wildman–Crippen MR) is 60.4 cm³/mol. The molecule has 0 saturated heterocycles. The molecular weight excluding hydrogens is 174 g/mol. The smallest absolute Gasteiger partial charge is 0.0901 e. The number of benzene rings is 1. The van der Waals surface area contributed by atoms with Crippen molar-refractivity contribution < 1.29 is 4.74 Å². The van der Waals surface area contributed by atoms with E-state index in [1.807, 2.05) is 12.1 Å². The molecule has 0 saturated carbocycles. The monoisotopic (exact) mass is 191 g/mol. The molecule has 0 heterocycles. The van der Waals surface area contributed by atoms with E-state index in [1.165, 1.54) is 11.3 Å². The molecule has 0 aliphatic heterocycles. The van der Waals surface area contributed by atoms with Gasteiger partial charge < -0.3 is 10.1 Å². The van der Waals surface area contributed by atoms with E-state index >= 15 is 0 Å². The lowest BCUT2D eigenvalue weighted by molar-refractivity contribution is 0.281. The van der Waals surface area contributed by atoms with Gasteiger partial charge in [0.25, 0.3) is 0 Å². The number of nitrogens with one attached hydrogen (secondary N) is 1. The van der Waals surface area contributed by atoms with E-state index in [9.17, 15) is 0 Å². The van der Waals surface area contributed by atoms with Gasteiger partial charge in [0.05, 0.1) is 12.9 Å². The first-order chi connectivity index (χ1) is 6.74. The van der Waals surface area contributed by atoms with Gasteiger partial charge in [-0.25, -0.2) is 0 Å². The van der Waals surface area contributed by atoms with E-state index in [0.29, 0.717) is 0 Å². The fourth-order valence-corrected chi connectivity index (χ4v) is 1.21. The minimum Gasteiger partial charge on any atom is -0.502 e. The average molecular weight is 191 g/mol. The van der Waals surface area contributed by atoms with Crippen molar-refractivity contribution >= 4 is 5.69 Å². The van der Waals surface area contributed by atoms with Crippen LogP contribution in [0.25, 0.3) is 0 Å². The van der Waals surface area contributed by atoms with Crippen molar-refractivity contribution in [2.45, 2.75) is 13.3 Å².